The quantitative estimate of drug-likeness (QED) is 0.767. The molecule has 1 aliphatic rings. The smallest absolute Gasteiger partial charge is 0.303 e. The Bertz CT molecular complexity index is 759. The molecule has 2 aromatic rings. The number of aryl methyl sites for hydroxylation is 1. The van der Waals surface area contributed by atoms with Gasteiger partial charge in [-0.15, -0.1) is 0 Å². The summed E-state index contributed by atoms with van der Waals surface area (Å²) < 4.78 is 2.19. The lowest BCUT2D eigenvalue weighted by Crippen LogP contribution is -2.23. The topological polar surface area (TPSA) is 55.1 Å². The Morgan fingerprint density at radius 3 is 2.73 bits per heavy atom. The molecule has 1 N–H and O–H groups in total. The van der Waals surface area contributed by atoms with E-state index >= 15 is 0 Å². The maximum Gasteiger partial charge on any atom is 0.303 e. The molecule has 4 nitrogen and oxygen atoms in total. The molecule has 4 heteroatoms. The van der Waals surface area contributed by atoms with Crippen LogP contribution in [0.15, 0.2) is 30.6 Å². The Morgan fingerprint density at radius 2 is 2.04 bits per heavy atom. The number of hydrogen-bond acceptors (Lipinski definition) is 2. The summed E-state index contributed by atoms with van der Waals surface area (Å²) in [7, 11) is 0. The number of aromatic nitrogens is 2. The Labute approximate surface area is 156 Å². The number of carboxylic acid groups (broad SMARTS) is 1. The molecule has 1 heterocycles. The van der Waals surface area contributed by atoms with Crippen molar-refractivity contribution in [3.8, 4) is 0 Å². The van der Waals surface area contributed by atoms with Crippen LogP contribution in [0.5, 0.6) is 0 Å². The van der Waals surface area contributed by atoms with Gasteiger partial charge in [0.05, 0.1) is 6.42 Å². The standard InChI is InChI=1S/C22H30N2O2/c1-15-7-6-10-20(16(15)2)17(3)22-23-11-12-24(22)14-19(13-21(25)26)18-8-4-5-9-18/h6-7,10-12,17-19H,4-5,8-9,13-14H2,1-3H3,(H,25,26). The van der Waals surface area contributed by atoms with E-state index in [1.807, 2.05) is 12.4 Å². The molecule has 0 saturated heterocycles. The number of hydrogen-bond donors (Lipinski definition) is 1. The van der Waals surface area contributed by atoms with E-state index in [9.17, 15) is 9.90 Å². The molecule has 26 heavy (non-hydrogen) atoms. The summed E-state index contributed by atoms with van der Waals surface area (Å²) >= 11 is 0. The number of benzene rings is 1. The Balaban J connectivity index is 1.84. The third kappa shape index (κ3) is 4.00. The number of imidazole rings is 1. The lowest BCUT2D eigenvalue weighted by atomic mass is 9.87. The largest absolute Gasteiger partial charge is 0.481 e. The number of nitrogens with zero attached hydrogens (tertiary/aromatic N) is 2. The zero-order valence-electron chi connectivity index (χ0n) is 16.1. The lowest BCUT2D eigenvalue weighted by molar-refractivity contribution is -0.138. The average Bonchev–Trinajstić information content (AvgIpc) is 3.27. The minimum Gasteiger partial charge on any atom is -0.481 e. The predicted molar refractivity (Wildman–Crippen MR) is 103 cm³/mol. The molecule has 1 aromatic heterocycles. The van der Waals surface area contributed by atoms with E-state index in [0.29, 0.717) is 5.92 Å². The van der Waals surface area contributed by atoms with E-state index in [2.05, 4.69) is 48.5 Å². The second-order valence-corrected chi connectivity index (χ2v) is 7.85. The Kier molecular flexibility index (Phi) is 5.80. The van der Waals surface area contributed by atoms with E-state index in [1.54, 1.807) is 0 Å². The number of carboxylic acids is 1. The molecule has 2 atom stereocenters. The zero-order chi connectivity index (χ0) is 18.7. The summed E-state index contributed by atoms with van der Waals surface area (Å²) in [5.41, 5.74) is 3.91. The van der Waals surface area contributed by atoms with Gasteiger partial charge in [0.25, 0.3) is 0 Å². The van der Waals surface area contributed by atoms with Crippen molar-refractivity contribution in [2.75, 3.05) is 0 Å². The molecule has 1 aliphatic carbocycles. The predicted octanol–water partition coefficient (Wildman–Crippen LogP) is 4.93. The van der Waals surface area contributed by atoms with Gasteiger partial charge in [-0.3, -0.25) is 4.79 Å². The van der Waals surface area contributed by atoms with Crippen LogP contribution in [0.25, 0.3) is 0 Å². The second kappa shape index (κ2) is 8.07. The first-order valence-corrected chi connectivity index (χ1v) is 9.76. The van der Waals surface area contributed by atoms with Gasteiger partial charge in [0.2, 0.25) is 0 Å². The van der Waals surface area contributed by atoms with E-state index in [4.69, 9.17) is 0 Å². The van der Waals surface area contributed by atoms with Crippen LogP contribution in [0.3, 0.4) is 0 Å². The van der Waals surface area contributed by atoms with Gasteiger partial charge in [0.15, 0.2) is 0 Å². The minimum absolute atomic E-state index is 0.189. The van der Waals surface area contributed by atoms with Crippen LogP contribution in [0.4, 0.5) is 0 Å². The van der Waals surface area contributed by atoms with Gasteiger partial charge >= 0.3 is 5.97 Å². The summed E-state index contributed by atoms with van der Waals surface area (Å²) in [6.45, 7) is 7.26. The number of carbonyl (C=O) groups is 1. The summed E-state index contributed by atoms with van der Waals surface area (Å²) in [6.07, 6.45) is 8.90. The molecule has 1 fully saturated rings. The van der Waals surface area contributed by atoms with Gasteiger partial charge in [0, 0.05) is 24.9 Å². The maximum atomic E-state index is 11.4. The second-order valence-electron chi connectivity index (χ2n) is 7.85. The van der Waals surface area contributed by atoms with Crippen molar-refractivity contribution in [2.45, 2.75) is 65.3 Å². The number of aliphatic carboxylic acids is 1. The average molecular weight is 354 g/mol. The van der Waals surface area contributed by atoms with Crippen LogP contribution in [0.2, 0.25) is 0 Å². The fourth-order valence-corrected chi connectivity index (χ4v) is 4.52. The molecule has 2 unspecified atom stereocenters. The first kappa shape index (κ1) is 18.7. The molecule has 0 bridgehead atoms. The lowest BCUT2D eigenvalue weighted by Gasteiger charge is -2.25. The maximum absolute atomic E-state index is 11.4. The molecular formula is C22H30N2O2. The third-order valence-electron chi connectivity index (χ3n) is 6.18. The molecule has 1 aromatic carbocycles. The molecule has 0 spiro atoms. The highest BCUT2D eigenvalue weighted by atomic mass is 16.4. The van der Waals surface area contributed by atoms with Crippen molar-refractivity contribution >= 4 is 5.97 Å². The van der Waals surface area contributed by atoms with Crippen LogP contribution >= 0.6 is 0 Å². The van der Waals surface area contributed by atoms with E-state index in [-0.39, 0.29) is 18.3 Å². The highest BCUT2D eigenvalue weighted by molar-refractivity contribution is 5.67. The number of rotatable bonds is 7. The van der Waals surface area contributed by atoms with Crippen molar-refractivity contribution in [1.29, 1.82) is 0 Å². The molecule has 0 amide bonds. The normalized spacial score (nSPS) is 17.3. The van der Waals surface area contributed by atoms with E-state index in [1.165, 1.54) is 29.5 Å². The van der Waals surface area contributed by atoms with Gasteiger partial charge in [-0.1, -0.05) is 50.8 Å². The van der Waals surface area contributed by atoms with Crippen molar-refractivity contribution in [1.82, 2.24) is 9.55 Å². The van der Waals surface area contributed by atoms with Crippen LogP contribution in [-0.4, -0.2) is 20.6 Å². The van der Waals surface area contributed by atoms with Gasteiger partial charge in [-0.05, 0) is 42.4 Å². The summed E-state index contributed by atoms with van der Waals surface area (Å²) in [5.74, 6) is 1.25. The van der Waals surface area contributed by atoms with E-state index in [0.717, 1.165) is 25.2 Å². The van der Waals surface area contributed by atoms with Crippen molar-refractivity contribution < 1.29 is 9.90 Å². The van der Waals surface area contributed by atoms with Gasteiger partial charge in [-0.2, -0.15) is 0 Å². The first-order chi connectivity index (χ1) is 12.5. The van der Waals surface area contributed by atoms with E-state index < -0.39 is 5.97 Å². The SMILES string of the molecule is Cc1cccc(C(C)c2nccn2CC(CC(=O)O)C2CCCC2)c1C. The minimum atomic E-state index is -0.689. The third-order valence-corrected chi connectivity index (χ3v) is 6.18. The fraction of sp³-hybridized carbons (Fsp3) is 0.545. The Morgan fingerprint density at radius 1 is 1.31 bits per heavy atom. The molecule has 0 aliphatic heterocycles. The molecular weight excluding hydrogens is 324 g/mol. The van der Waals surface area contributed by atoms with Gasteiger partial charge < -0.3 is 9.67 Å². The van der Waals surface area contributed by atoms with Crippen LogP contribution in [0.1, 0.15) is 67.5 Å². The first-order valence-electron chi connectivity index (χ1n) is 9.76. The molecule has 0 radical (unpaired) electrons. The summed E-state index contributed by atoms with van der Waals surface area (Å²) in [6, 6.07) is 6.42. The molecule has 140 valence electrons. The zero-order valence-corrected chi connectivity index (χ0v) is 16.1. The van der Waals surface area contributed by atoms with Crippen molar-refractivity contribution in [3.05, 3.63) is 53.1 Å². The monoisotopic (exact) mass is 354 g/mol. The summed E-state index contributed by atoms with van der Waals surface area (Å²) in [4.78, 5) is 16.0. The van der Waals surface area contributed by atoms with Crippen LogP contribution in [-0.2, 0) is 11.3 Å². The molecule has 1 saturated carbocycles. The highest BCUT2D eigenvalue weighted by Crippen LogP contribution is 2.35. The molecule has 3 rings (SSSR count). The highest BCUT2D eigenvalue weighted by Gasteiger charge is 2.28. The van der Waals surface area contributed by atoms with Crippen molar-refractivity contribution in [2.24, 2.45) is 11.8 Å². The van der Waals surface area contributed by atoms with Gasteiger partial charge in [0.1, 0.15) is 5.82 Å². The summed E-state index contributed by atoms with van der Waals surface area (Å²) in [5, 5.41) is 9.37. The Hall–Kier alpha value is -2.10. The van der Waals surface area contributed by atoms with Crippen LogP contribution in [0, 0.1) is 25.7 Å². The van der Waals surface area contributed by atoms with Crippen molar-refractivity contribution in [3.63, 3.8) is 0 Å². The van der Waals surface area contributed by atoms with Crippen LogP contribution < -0.4 is 0 Å². The fourth-order valence-electron chi connectivity index (χ4n) is 4.52. The van der Waals surface area contributed by atoms with Gasteiger partial charge in [-0.25, -0.2) is 4.98 Å².